The maximum Gasteiger partial charge on any atom is 0.251 e. The Hall–Kier alpha value is -2.91. The maximum atomic E-state index is 13.1. The van der Waals surface area contributed by atoms with E-state index in [4.69, 9.17) is 4.74 Å². The molecule has 0 bridgehead atoms. The molecule has 0 aliphatic carbocycles. The van der Waals surface area contributed by atoms with Gasteiger partial charge in [-0.3, -0.25) is 4.79 Å². The van der Waals surface area contributed by atoms with Crippen LogP contribution < -0.4 is 14.8 Å². The third kappa shape index (κ3) is 5.28. The number of hydrogen-bond donors (Lipinski definition) is 3. The first kappa shape index (κ1) is 23.7. The minimum Gasteiger partial charge on any atom is -0.495 e. The second kappa shape index (κ2) is 8.91. The summed E-state index contributed by atoms with van der Waals surface area (Å²) in [5.41, 5.74) is 1.22. The van der Waals surface area contributed by atoms with E-state index in [-0.39, 0.29) is 28.2 Å². The van der Waals surface area contributed by atoms with Gasteiger partial charge in [0.2, 0.25) is 10.0 Å². The van der Waals surface area contributed by atoms with Crippen molar-refractivity contribution in [2.75, 3.05) is 7.11 Å². The van der Waals surface area contributed by atoms with Crippen molar-refractivity contribution >= 4 is 27.0 Å². The summed E-state index contributed by atoms with van der Waals surface area (Å²) < 4.78 is 33.7. The van der Waals surface area contributed by atoms with Crippen LogP contribution in [0.5, 0.6) is 5.75 Å². The lowest BCUT2D eigenvalue weighted by molar-refractivity contribution is 0.0923. The number of benzene rings is 2. The van der Waals surface area contributed by atoms with Gasteiger partial charge in [-0.2, -0.15) is 0 Å². The summed E-state index contributed by atoms with van der Waals surface area (Å²) in [7, 11) is -2.51. The molecule has 0 spiro atoms. The molecule has 172 valence electrons. The first-order chi connectivity index (χ1) is 14.9. The zero-order valence-corrected chi connectivity index (χ0v) is 20.0. The normalized spacial score (nSPS) is 13.3. The number of carbonyl (C=O) groups excluding carboxylic acids is 1. The third-order valence-corrected chi connectivity index (χ3v) is 6.59. The molecular weight excluding hydrogens is 428 g/mol. The maximum absolute atomic E-state index is 13.1. The van der Waals surface area contributed by atoms with E-state index in [0.717, 1.165) is 11.0 Å². The summed E-state index contributed by atoms with van der Waals surface area (Å²) in [4.78, 5) is 20.9. The van der Waals surface area contributed by atoms with Gasteiger partial charge in [-0.1, -0.05) is 26.0 Å². The Morgan fingerprint density at radius 2 is 1.81 bits per heavy atom. The smallest absolute Gasteiger partial charge is 0.251 e. The topological polar surface area (TPSA) is 113 Å². The molecule has 0 saturated carbocycles. The van der Waals surface area contributed by atoms with Gasteiger partial charge < -0.3 is 15.0 Å². The average Bonchev–Trinajstić information content (AvgIpc) is 3.13. The van der Waals surface area contributed by atoms with E-state index in [1.165, 1.54) is 19.2 Å². The van der Waals surface area contributed by atoms with Gasteiger partial charge in [0.05, 0.1) is 24.2 Å². The minimum absolute atomic E-state index is 0.0449. The number of para-hydroxylation sites is 2. The Labute approximate surface area is 188 Å². The van der Waals surface area contributed by atoms with E-state index in [1.54, 1.807) is 26.8 Å². The Morgan fingerprint density at radius 1 is 1.12 bits per heavy atom. The Morgan fingerprint density at radius 3 is 2.41 bits per heavy atom. The van der Waals surface area contributed by atoms with Gasteiger partial charge in [0.1, 0.15) is 16.5 Å². The Balaban J connectivity index is 1.94. The Bertz CT molecular complexity index is 1190. The second-order valence-corrected chi connectivity index (χ2v) is 10.7. The van der Waals surface area contributed by atoms with Gasteiger partial charge in [0.25, 0.3) is 5.91 Å². The number of aromatic amines is 1. The lowest BCUT2D eigenvalue weighted by Crippen LogP contribution is -2.40. The number of nitrogens with one attached hydrogen (secondary N) is 3. The van der Waals surface area contributed by atoms with Gasteiger partial charge in [-0.25, -0.2) is 18.1 Å². The number of sulfonamides is 1. The number of hydrogen-bond acceptors (Lipinski definition) is 5. The van der Waals surface area contributed by atoms with Crippen LogP contribution in [0, 0.1) is 5.92 Å². The fraction of sp³-hybridized carbons (Fsp3) is 0.391. The molecule has 1 atom stereocenters. The standard InChI is InChI=1S/C23H30N4O4S/c1-14(2)20(21-24-16-9-7-8-10-17(16)25-21)26-22(28)15-11-12-18(31-6)19(13-15)32(29,30)27-23(3,4)5/h7-14,20,27H,1-6H3,(H,24,25)(H,26,28). The molecule has 0 aliphatic rings. The fourth-order valence-electron chi connectivity index (χ4n) is 3.38. The predicted octanol–water partition coefficient (Wildman–Crippen LogP) is 3.78. The molecule has 2 aromatic carbocycles. The van der Waals surface area contributed by atoms with Crippen LogP contribution in [0.15, 0.2) is 47.4 Å². The van der Waals surface area contributed by atoms with Gasteiger partial charge >= 0.3 is 0 Å². The molecule has 0 radical (unpaired) electrons. The summed E-state index contributed by atoms with van der Waals surface area (Å²) in [5.74, 6) is 0.448. The molecule has 0 fully saturated rings. The van der Waals surface area contributed by atoms with Crippen LogP contribution in [0.2, 0.25) is 0 Å². The number of rotatable bonds is 7. The fourth-order valence-corrected chi connectivity index (χ4v) is 5.00. The van der Waals surface area contributed by atoms with Crippen LogP contribution in [0.25, 0.3) is 11.0 Å². The number of nitrogens with zero attached hydrogens (tertiary/aromatic N) is 1. The molecule has 1 aromatic heterocycles. The molecule has 9 heteroatoms. The highest BCUT2D eigenvalue weighted by Crippen LogP contribution is 2.27. The van der Waals surface area contributed by atoms with E-state index in [9.17, 15) is 13.2 Å². The van der Waals surface area contributed by atoms with Crippen LogP contribution in [0.1, 0.15) is 56.8 Å². The summed E-state index contributed by atoms with van der Waals surface area (Å²) in [6, 6.07) is 11.6. The van der Waals surface area contributed by atoms with Gasteiger partial charge in [-0.05, 0) is 57.0 Å². The lowest BCUT2D eigenvalue weighted by Gasteiger charge is -2.22. The summed E-state index contributed by atoms with van der Waals surface area (Å²) in [5, 5.41) is 2.99. The number of H-pyrrole nitrogens is 1. The molecule has 3 aromatic rings. The largest absolute Gasteiger partial charge is 0.495 e. The molecule has 0 saturated heterocycles. The Kier molecular flexibility index (Phi) is 6.61. The van der Waals surface area contributed by atoms with Crippen LogP contribution in [0.3, 0.4) is 0 Å². The number of imidazole rings is 1. The molecule has 3 rings (SSSR count). The van der Waals surface area contributed by atoms with Crippen molar-refractivity contribution in [1.82, 2.24) is 20.0 Å². The van der Waals surface area contributed by atoms with Crippen LogP contribution in [-0.4, -0.2) is 36.9 Å². The average molecular weight is 459 g/mol. The number of amides is 1. The molecule has 1 heterocycles. The van der Waals surface area contributed by atoms with Gasteiger partial charge in [-0.15, -0.1) is 0 Å². The van der Waals surface area contributed by atoms with Crippen molar-refractivity contribution in [1.29, 1.82) is 0 Å². The summed E-state index contributed by atoms with van der Waals surface area (Å²) in [6.07, 6.45) is 0. The molecule has 0 aliphatic heterocycles. The SMILES string of the molecule is COc1ccc(C(=O)NC(c2nc3ccccc3[nH]2)C(C)C)cc1S(=O)(=O)NC(C)(C)C. The van der Waals surface area contributed by atoms with Crippen molar-refractivity contribution in [2.24, 2.45) is 5.92 Å². The van der Waals surface area contributed by atoms with E-state index in [0.29, 0.717) is 5.82 Å². The first-order valence-corrected chi connectivity index (χ1v) is 11.9. The molecule has 32 heavy (non-hydrogen) atoms. The van der Waals surface area contributed by atoms with E-state index < -0.39 is 21.5 Å². The zero-order chi connectivity index (χ0) is 23.7. The van der Waals surface area contributed by atoms with E-state index in [2.05, 4.69) is 20.0 Å². The summed E-state index contributed by atoms with van der Waals surface area (Å²) >= 11 is 0. The van der Waals surface area contributed by atoms with E-state index in [1.807, 2.05) is 38.1 Å². The lowest BCUT2D eigenvalue weighted by atomic mass is 10.0. The molecule has 8 nitrogen and oxygen atoms in total. The number of fused-ring (bicyclic) bond motifs is 1. The van der Waals surface area contributed by atoms with Crippen molar-refractivity contribution < 1.29 is 17.9 Å². The number of aromatic nitrogens is 2. The van der Waals surface area contributed by atoms with Crippen molar-refractivity contribution in [3.8, 4) is 5.75 Å². The first-order valence-electron chi connectivity index (χ1n) is 10.4. The highest BCUT2D eigenvalue weighted by atomic mass is 32.2. The second-order valence-electron chi connectivity index (χ2n) is 9.06. The molecular formula is C23H30N4O4S. The van der Waals surface area contributed by atoms with Crippen LogP contribution in [-0.2, 0) is 10.0 Å². The number of ether oxygens (including phenoxy) is 1. The highest BCUT2D eigenvalue weighted by molar-refractivity contribution is 7.89. The van der Waals surface area contributed by atoms with Crippen LogP contribution >= 0.6 is 0 Å². The van der Waals surface area contributed by atoms with Crippen LogP contribution in [0.4, 0.5) is 0 Å². The summed E-state index contributed by atoms with van der Waals surface area (Å²) in [6.45, 7) is 9.20. The quantitative estimate of drug-likeness (QED) is 0.499. The zero-order valence-electron chi connectivity index (χ0n) is 19.2. The van der Waals surface area contributed by atoms with Crippen molar-refractivity contribution in [2.45, 2.75) is 51.1 Å². The molecule has 1 amide bonds. The van der Waals surface area contributed by atoms with E-state index >= 15 is 0 Å². The number of methoxy groups -OCH3 is 1. The van der Waals surface area contributed by atoms with Gasteiger partial charge in [0, 0.05) is 11.1 Å². The number of carbonyl (C=O) groups is 1. The predicted molar refractivity (Wildman–Crippen MR) is 124 cm³/mol. The van der Waals surface area contributed by atoms with Crippen molar-refractivity contribution in [3.63, 3.8) is 0 Å². The third-order valence-electron chi connectivity index (χ3n) is 4.81. The minimum atomic E-state index is -3.90. The monoisotopic (exact) mass is 458 g/mol. The molecule has 1 unspecified atom stereocenters. The van der Waals surface area contributed by atoms with Gasteiger partial charge in [0.15, 0.2) is 0 Å². The highest BCUT2D eigenvalue weighted by Gasteiger charge is 2.28. The van der Waals surface area contributed by atoms with Crippen molar-refractivity contribution in [3.05, 3.63) is 53.9 Å². The molecule has 3 N–H and O–H groups in total.